The summed E-state index contributed by atoms with van der Waals surface area (Å²) in [4.78, 5) is 12.5. The summed E-state index contributed by atoms with van der Waals surface area (Å²) >= 11 is 2.21. The largest absolute Gasteiger partial charge is 0.352 e. The predicted molar refractivity (Wildman–Crippen MR) is 130 cm³/mol. The van der Waals surface area contributed by atoms with Crippen molar-refractivity contribution in [3.8, 4) is 0 Å². The first kappa shape index (κ1) is 23.1. The fourth-order valence-electron chi connectivity index (χ4n) is 3.94. The molecular formula is C23H29IN2O3S. The molecule has 0 heterocycles. The van der Waals surface area contributed by atoms with Crippen LogP contribution in [0.5, 0.6) is 0 Å². The van der Waals surface area contributed by atoms with Crippen LogP contribution in [0.25, 0.3) is 0 Å². The summed E-state index contributed by atoms with van der Waals surface area (Å²) in [6, 6.07) is 12.9. The van der Waals surface area contributed by atoms with E-state index in [0.29, 0.717) is 17.2 Å². The molecule has 3 rings (SSSR count). The van der Waals surface area contributed by atoms with Gasteiger partial charge in [0.2, 0.25) is 10.0 Å². The number of nitrogens with zero attached hydrogens (tertiary/aromatic N) is 1. The molecule has 1 aliphatic carbocycles. The number of sulfonamides is 1. The Morgan fingerprint density at radius 1 is 1.10 bits per heavy atom. The first-order valence-corrected chi connectivity index (χ1v) is 13.3. The highest BCUT2D eigenvalue weighted by atomic mass is 127. The SMILES string of the molecule is Cc1cc(I)ccc1N(Cc1ccc(C(=O)NCC2CCCCC2)cc1)S(C)(=O)=O. The van der Waals surface area contributed by atoms with Crippen LogP contribution in [-0.2, 0) is 16.6 Å². The van der Waals surface area contributed by atoms with E-state index in [9.17, 15) is 13.2 Å². The van der Waals surface area contributed by atoms with Crippen LogP contribution in [0.3, 0.4) is 0 Å². The van der Waals surface area contributed by atoms with E-state index in [-0.39, 0.29) is 12.5 Å². The molecule has 2 aromatic rings. The van der Waals surface area contributed by atoms with E-state index in [1.807, 2.05) is 37.3 Å². The summed E-state index contributed by atoms with van der Waals surface area (Å²) in [5.74, 6) is 0.517. The Hall–Kier alpha value is -1.61. The molecule has 1 N–H and O–H groups in total. The van der Waals surface area contributed by atoms with Crippen molar-refractivity contribution in [1.29, 1.82) is 0 Å². The lowest BCUT2D eigenvalue weighted by atomic mass is 9.89. The van der Waals surface area contributed by atoms with Gasteiger partial charge in [-0.15, -0.1) is 0 Å². The van der Waals surface area contributed by atoms with Gasteiger partial charge in [0.1, 0.15) is 0 Å². The zero-order valence-electron chi connectivity index (χ0n) is 17.5. The molecular weight excluding hydrogens is 511 g/mol. The smallest absolute Gasteiger partial charge is 0.251 e. The third-order valence-electron chi connectivity index (χ3n) is 5.65. The molecule has 0 aliphatic heterocycles. The van der Waals surface area contributed by atoms with Crippen LogP contribution in [-0.4, -0.2) is 27.1 Å². The Morgan fingerprint density at radius 3 is 2.37 bits per heavy atom. The number of hydrogen-bond acceptors (Lipinski definition) is 3. The van der Waals surface area contributed by atoms with Gasteiger partial charge in [0.05, 0.1) is 18.5 Å². The fourth-order valence-corrected chi connectivity index (χ4v) is 5.53. The van der Waals surface area contributed by atoms with E-state index >= 15 is 0 Å². The minimum Gasteiger partial charge on any atom is -0.352 e. The average Bonchev–Trinajstić information content (AvgIpc) is 2.71. The number of benzene rings is 2. The minimum atomic E-state index is -3.45. The van der Waals surface area contributed by atoms with Gasteiger partial charge in [-0.25, -0.2) is 8.42 Å². The molecule has 0 atom stereocenters. The van der Waals surface area contributed by atoms with Gasteiger partial charge in [-0.05, 0) is 89.7 Å². The summed E-state index contributed by atoms with van der Waals surface area (Å²) in [7, 11) is -3.45. The van der Waals surface area contributed by atoms with Crippen molar-refractivity contribution in [1.82, 2.24) is 5.32 Å². The van der Waals surface area contributed by atoms with Crippen LogP contribution < -0.4 is 9.62 Å². The van der Waals surface area contributed by atoms with E-state index < -0.39 is 10.0 Å². The Bertz CT molecular complexity index is 984. The second kappa shape index (κ2) is 10.1. The van der Waals surface area contributed by atoms with Crippen molar-refractivity contribution in [3.63, 3.8) is 0 Å². The zero-order chi connectivity index (χ0) is 21.7. The standard InChI is InChI=1S/C23H29IN2O3S/c1-17-14-21(24)12-13-22(17)26(30(2,28)29)16-19-8-10-20(11-9-19)23(27)25-15-18-6-4-3-5-7-18/h8-14,18H,3-7,15-16H2,1-2H3,(H,25,27). The Balaban J connectivity index is 1.68. The summed E-state index contributed by atoms with van der Waals surface area (Å²) in [5, 5.41) is 3.05. The van der Waals surface area contributed by atoms with Gasteiger partial charge in [0, 0.05) is 15.7 Å². The summed E-state index contributed by atoms with van der Waals surface area (Å²) in [5.41, 5.74) is 3.02. The number of carbonyl (C=O) groups is 1. The average molecular weight is 540 g/mol. The van der Waals surface area contributed by atoms with Crippen molar-refractivity contribution in [2.24, 2.45) is 5.92 Å². The molecule has 1 fully saturated rings. The molecule has 0 aromatic heterocycles. The fraction of sp³-hybridized carbons (Fsp3) is 0.435. The van der Waals surface area contributed by atoms with Crippen molar-refractivity contribution in [2.45, 2.75) is 45.6 Å². The van der Waals surface area contributed by atoms with E-state index in [0.717, 1.165) is 21.2 Å². The number of aryl methyl sites for hydroxylation is 1. The summed E-state index contributed by atoms with van der Waals surface area (Å²) in [6.07, 6.45) is 7.42. The highest BCUT2D eigenvalue weighted by Gasteiger charge is 2.20. The number of rotatable bonds is 7. The molecule has 1 aliphatic rings. The highest BCUT2D eigenvalue weighted by Crippen LogP contribution is 2.26. The maximum atomic E-state index is 12.5. The van der Waals surface area contributed by atoms with Gasteiger partial charge in [-0.3, -0.25) is 9.10 Å². The van der Waals surface area contributed by atoms with Gasteiger partial charge in [-0.1, -0.05) is 31.4 Å². The summed E-state index contributed by atoms with van der Waals surface area (Å²) < 4.78 is 27.4. The Kier molecular flexibility index (Phi) is 7.79. The van der Waals surface area contributed by atoms with Gasteiger partial charge in [0.25, 0.3) is 5.91 Å². The van der Waals surface area contributed by atoms with Crippen LogP contribution in [0.1, 0.15) is 53.6 Å². The molecule has 0 bridgehead atoms. The first-order valence-electron chi connectivity index (χ1n) is 10.3. The van der Waals surface area contributed by atoms with Crippen molar-refractivity contribution >= 4 is 44.2 Å². The molecule has 0 radical (unpaired) electrons. The molecule has 1 saturated carbocycles. The molecule has 162 valence electrons. The molecule has 1 amide bonds. The monoisotopic (exact) mass is 540 g/mol. The number of amides is 1. The van der Waals surface area contributed by atoms with Crippen molar-refractivity contribution < 1.29 is 13.2 Å². The molecule has 0 spiro atoms. The van der Waals surface area contributed by atoms with E-state index in [2.05, 4.69) is 27.9 Å². The molecule has 0 saturated heterocycles. The Morgan fingerprint density at radius 2 is 1.77 bits per heavy atom. The van der Waals surface area contributed by atoms with Crippen LogP contribution in [0.4, 0.5) is 5.69 Å². The van der Waals surface area contributed by atoms with Crippen molar-refractivity contribution in [3.05, 3.63) is 62.7 Å². The minimum absolute atomic E-state index is 0.0689. The molecule has 7 heteroatoms. The molecule has 5 nitrogen and oxygen atoms in total. The maximum absolute atomic E-state index is 12.5. The predicted octanol–water partition coefficient (Wildman–Crippen LogP) is 4.88. The normalized spacial score (nSPS) is 15.0. The maximum Gasteiger partial charge on any atom is 0.251 e. The number of carbonyl (C=O) groups excluding carboxylic acids is 1. The van der Waals surface area contributed by atoms with Crippen LogP contribution in [0.15, 0.2) is 42.5 Å². The lowest BCUT2D eigenvalue weighted by molar-refractivity contribution is 0.0943. The lowest BCUT2D eigenvalue weighted by Gasteiger charge is -2.24. The van der Waals surface area contributed by atoms with E-state index in [1.54, 1.807) is 12.1 Å². The quantitative estimate of drug-likeness (QED) is 0.510. The van der Waals surface area contributed by atoms with Gasteiger partial charge < -0.3 is 5.32 Å². The van der Waals surface area contributed by atoms with Crippen LogP contribution in [0.2, 0.25) is 0 Å². The second-order valence-corrected chi connectivity index (χ2v) is 11.3. The van der Waals surface area contributed by atoms with Crippen LogP contribution in [0, 0.1) is 16.4 Å². The molecule has 2 aromatic carbocycles. The van der Waals surface area contributed by atoms with Gasteiger partial charge >= 0.3 is 0 Å². The summed E-state index contributed by atoms with van der Waals surface area (Å²) in [6.45, 7) is 2.87. The number of nitrogens with one attached hydrogen (secondary N) is 1. The molecule has 0 unspecified atom stereocenters. The number of hydrogen-bond donors (Lipinski definition) is 1. The van der Waals surface area contributed by atoms with Gasteiger partial charge in [-0.2, -0.15) is 0 Å². The molecule has 30 heavy (non-hydrogen) atoms. The first-order chi connectivity index (χ1) is 14.2. The van der Waals surface area contributed by atoms with Crippen molar-refractivity contribution in [2.75, 3.05) is 17.1 Å². The number of halogens is 1. The van der Waals surface area contributed by atoms with E-state index in [4.69, 9.17) is 0 Å². The van der Waals surface area contributed by atoms with Gasteiger partial charge in [0.15, 0.2) is 0 Å². The topological polar surface area (TPSA) is 66.5 Å². The lowest BCUT2D eigenvalue weighted by Crippen LogP contribution is -2.31. The van der Waals surface area contributed by atoms with E-state index in [1.165, 1.54) is 42.7 Å². The third kappa shape index (κ3) is 6.20. The third-order valence-corrected chi connectivity index (χ3v) is 7.44. The second-order valence-electron chi connectivity index (χ2n) is 8.11. The zero-order valence-corrected chi connectivity index (χ0v) is 20.5. The van der Waals surface area contributed by atoms with Crippen LogP contribution >= 0.6 is 22.6 Å². The highest BCUT2D eigenvalue weighted by molar-refractivity contribution is 14.1. The Labute approximate surface area is 193 Å². The number of anilines is 1.